The first kappa shape index (κ1) is 15.4. The van der Waals surface area contributed by atoms with Crippen LogP contribution in [0.5, 0.6) is 0 Å². The van der Waals surface area contributed by atoms with Crippen molar-refractivity contribution in [2.24, 2.45) is 0 Å². The first-order valence-corrected chi connectivity index (χ1v) is 6.54. The van der Waals surface area contributed by atoms with Crippen molar-refractivity contribution in [1.82, 2.24) is 0 Å². The number of aryl methyl sites for hydroxylation is 2. The number of aromatic carboxylic acids is 2. The second-order valence-corrected chi connectivity index (χ2v) is 5.00. The molecule has 0 aliphatic rings. The number of hydrogen-bond acceptors (Lipinski definition) is 3. The maximum atomic E-state index is 12.4. The highest BCUT2D eigenvalue weighted by atomic mass is 16.4. The van der Waals surface area contributed by atoms with Crippen LogP contribution in [0.4, 0.5) is 0 Å². The fourth-order valence-electron chi connectivity index (χ4n) is 2.26. The summed E-state index contributed by atoms with van der Waals surface area (Å²) in [5.41, 5.74) is 2.02. The lowest BCUT2D eigenvalue weighted by Gasteiger charge is -2.07. The molecule has 5 nitrogen and oxygen atoms in total. The largest absolute Gasteiger partial charge is 0.478 e. The highest BCUT2D eigenvalue weighted by Crippen LogP contribution is 2.18. The molecule has 5 heteroatoms. The number of carboxylic acids is 2. The Bertz CT molecular complexity index is 724. The van der Waals surface area contributed by atoms with E-state index in [1.54, 1.807) is 13.8 Å². The Kier molecular flexibility index (Phi) is 4.08. The second-order valence-electron chi connectivity index (χ2n) is 5.00. The molecule has 0 aliphatic heterocycles. The van der Waals surface area contributed by atoms with E-state index in [1.165, 1.54) is 36.4 Å². The molecule has 0 heterocycles. The molecule has 0 aliphatic carbocycles. The molecule has 0 unspecified atom stereocenters. The first-order valence-electron chi connectivity index (χ1n) is 6.54. The number of carbonyl (C=O) groups is 3. The van der Waals surface area contributed by atoms with Crippen molar-refractivity contribution >= 4 is 17.7 Å². The van der Waals surface area contributed by atoms with E-state index in [0.29, 0.717) is 22.3 Å². The zero-order chi connectivity index (χ0) is 16.4. The van der Waals surface area contributed by atoms with E-state index in [4.69, 9.17) is 10.2 Å². The normalized spacial score (nSPS) is 10.3. The summed E-state index contributed by atoms with van der Waals surface area (Å²) in [6, 6.07) is 8.74. The van der Waals surface area contributed by atoms with Crippen LogP contribution >= 0.6 is 0 Å². The molecule has 0 saturated carbocycles. The number of rotatable bonds is 4. The standard InChI is InChI=1S/C17H14O5/c1-9-7-11(3-5-13(9)16(19)20)15(18)12-4-6-14(17(21)22)10(2)8-12/h3-8H,1-2H3,(H,19,20)(H,21,22). The van der Waals surface area contributed by atoms with Crippen molar-refractivity contribution in [3.8, 4) is 0 Å². The summed E-state index contributed by atoms with van der Waals surface area (Å²) in [5.74, 6) is -2.36. The summed E-state index contributed by atoms with van der Waals surface area (Å²) < 4.78 is 0. The van der Waals surface area contributed by atoms with Crippen LogP contribution in [0.2, 0.25) is 0 Å². The summed E-state index contributed by atoms with van der Waals surface area (Å²) in [5, 5.41) is 18.0. The zero-order valence-electron chi connectivity index (χ0n) is 12.1. The van der Waals surface area contributed by atoms with Crippen LogP contribution in [0, 0.1) is 13.8 Å². The van der Waals surface area contributed by atoms with Gasteiger partial charge in [0.2, 0.25) is 0 Å². The van der Waals surface area contributed by atoms with Crippen molar-refractivity contribution < 1.29 is 24.6 Å². The van der Waals surface area contributed by atoms with E-state index in [9.17, 15) is 14.4 Å². The monoisotopic (exact) mass is 298 g/mol. The quantitative estimate of drug-likeness (QED) is 0.847. The Morgan fingerprint density at radius 2 is 1.09 bits per heavy atom. The minimum atomic E-state index is -1.04. The Morgan fingerprint density at radius 3 is 1.36 bits per heavy atom. The molecular formula is C17H14O5. The van der Waals surface area contributed by atoms with Crippen molar-refractivity contribution in [2.75, 3.05) is 0 Å². The van der Waals surface area contributed by atoms with Gasteiger partial charge in [0, 0.05) is 11.1 Å². The van der Waals surface area contributed by atoms with Crippen LogP contribution in [0.1, 0.15) is 47.8 Å². The molecule has 0 amide bonds. The lowest BCUT2D eigenvalue weighted by atomic mass is 9.96. The van der Waals surface area contributed by atoms with Gasteiger partial charge in [-0.3, -0.25) is 4.79 Å². The molecule has 112 valence electrons. The van der Waals surface area contributed by atoms with Gasteiger partial charge < -0.3 is 10.2 Å². The number of carbonyl (C=O) groups excluding carboxylic acids is 1. The van der Waals surface area contributed by atoms with Crippen LogP contribution in [0.3, 0.4) is 0 Å². The van der Waals surface area contributed by atoms with Crippen molar-refractivity contribution in [1.29, 1.82) is 0 Å². The predicted molar refractivity (Wildman–Crippen MR) is 79.7 cm³/mol. The number of carboxylic acid groups (broad SMARTS) is 2. The minimum Gasteiger partial charge on any atom is -0.478 e. The lowest BCUT2D eigenvalue weighted by molar-refractivity contribution is 0.0685. The average molecular weight is 298 g/mol. The van der Waals surface area contributed by atoms with E-state index in [1.807, 2.05) is 0 Å². The number of benzene rings is 2. The molecule has 2 aromatic rings. The van der Waals surface area contributed by atoms with Gasteiger partial charge >= 0.3 is 11.9 Å². The van der Waals surface area contributed by atoms with Gasteiger partial charge in [0.05, 0.1) is 11.1 Å². The topological polar surface area (TPSA) is 91.7 Å². The summed E-state index contributed by atoms with van der Waals surface area (Å²) >= 11 is 0. The number of hydrogen-bond donors (Lipinski definition) is 2. The molecule has 2 N–H and O–H groups in total. The Morgan fingerprint density at radius 1 is 0.727 bits per heavy atom. The SMILES string of the molecule is Cc1cc(C(=O)c2ccc(C(=O)O)c(C)c2)ccc1C(=O)O. The second kappa shape index (κ2) is 5.81. The van der Waals surface area contributed by atoms with Gasteiger partial charge in [-0.2, -0.15) is 0 Å². The highest BCUT2D eigenvalue weighted by Gasteiger charge is 2.15. The van der Waals surface area contributed by atoms with Crippen LogP contribution in [0.25, 0.3) is 0 Å². The maximum Gasteiger partial charge on any atom is 0.335 e. The molecule has 0 aromatic heterocycles. The van der Waals surface area contributed by atoms with Gasteiger partial charge in [-0.15, -0.1) is 0 Å². The predicted octanol–water partition coefficient (Wildman–Crippen LogP) is 2.93. The van der Waals surface area contributed by atoms with E-state index < -0.39 is 11.9 Å². The molecule has 2 aromatic carbocycles. The van der Waals surface area contributed by atoms with Gasteiger partial charge in [-0.25, -0.2) is 9.59 Å². The average Bonchev–Trinajstić information content (AvgIpc) is 2.45. The third-order valence-corrected chi connectivity index (χ3v) is 3.44. The molecule has 22 heavy (non-hydrogen) atoms. The summed E-state index contributed by atoms with van der Waals surface area (Å²) in [4.78, 5) is 34.4. The Balaban J connectivity index is 2.40. The minimum absolute atomic E-state index is 0.147. The third kappa shape index (κ3) is 2.88. The molecule has 0 fully saturated rings. The molecular weight excluding hydrogens is 284 g/mol. The third-order valence-electron chi connectivity index (χ3n) is 3.44. The fourth-order valence-corrected chi connectivity index (χ4v) is 2.26. The number of ketones is 1. The van der Waals surface area contributed by atoms with Crippen LogP contribution < -0.4 is 0 Å². The van der Waals surface area contributed by atoms with Crippen molar-refractivity contribution in [3.63, 3.8) is 0 Å². The van der Waals surface area contributed by atoms with Crippen molar-refractivity contribution in [3.05, 3.63) is 69.8 Å². The Hall–Kier alpha value is -2.95. The van der Waals surface area contributed by atoms with Crippen LogP contribution in [0.15, 0.2) is 36.4 Å². The zero-order valence-corrected chi connectivity index (χ0v) is 12.1. The van der Waals surface area contributed by atoms with Gasteiger partial charge in [-0.1, -0.05) is 12.1 Å². The van der Waals surface area contributed by atoms with Crippen LogP contribution in [-0.4, -0.2) is 27.9 Å². The van der Waals surface area contributed by atoms with E-state index >= 15 is 0 Å². The summed E-state index contributed by atoms with van der Waals surface area (Å²) in [7, 11) is 0. The van der Waals surface area contributed by atoms with E-state index in [2.05, 4.69) is 0 Å². The molecule has 0 atom stereocenters. The fraction of sp³-hybridized carbons (Fsp3) is 0.118. The van der Waals surface area contributed by atoms with Gasteiger partial charge in [0.15, 0.2) is 5.78 Å². The van der Waals surface area contributed by atoms with E-state index in [-0.39, 0.29) is 16.9 Å². The first-order chi connectivity index (χ1) is 10.3. The lowest BCUT2D eigenvalue weighted by Crippen LogP contribution is -2.07. The molecule has 0 radical (unpaired) electrons. The molecule has 0 saturated heterocycles. The smallest absolute Gasteiger partial charge is 0.335 e. The molecule has 0 bridgehead atoms. The highest BCUT2D eigenvalue weighted by molar-refractivity contribution is 6.10. The molecule has 0 spiro atoms. The summed E-state index contributed by atoms with van der Waals surface area (Å²) in [6.07, 6.45) is 0. The van der Waals surface area contributed by atoms with Crippen LogP contribution in [-0.2, 0) is 0 Å². The molecule has 2 rings (SSSR count). The maximum absolute atomic E-state index is 12.4. The van der Waals surface area contributed by atoms with Gasteiger partial charge in [0.25, 0.3) is 0 Å². The van der Waals surface area contributed by atoms with Gasteiger partial charge in [0.1, 0.15) is 0 Å². The van der Waals surface area contributed by atoms with Crippen molar-refractivity contribution in [2.45, 2.75) is 13.8 Å². The Labute approximate surface area is 126 Å². The van der Waals surface area contributed by atoms with E-state index in [0.717, 1.165) is 0 Å². The van der Waals surface area contributed by atoms with Gasteiger partial charge in [-0.05, 0) is 49.2 Å². The summed E-state index contributed by atoms with van der Waals surface area (Å²) in [6.45, 7) is 3.25.